The molecule has 1 amide bonds. The number of sulfonamides is 1. The number of ether oxygens (including phenoxy) is 1. The van der Waals surface area contributed by atoms with Crippen molar-refractivity contribution in [1.29, 1.82) is 0 Å². The van der Waals surface area contributed by atoms with Crippen LogP contribution in [0.1, 0.15) is 41.6 Å². The lowest BCUT2D eigenvalue weighted by atomic mass is 10.0. The minimum atomic E-state index is -3.61. The SMILES string of the molecule is COc1cccc(CN2CCC(NC(=O)c3cc(S(=O)(=O)N4CCCC4)ccc3Cl)CC2)c1. The Hall–Kier alpha value is -2.13. The van der Waals surface area contributed by atoms with E-state index in [0.717, 1.165) is 51.1 Å². The number of benzene rings is 2. The van der Waals surface area contributed by atoms with Gasteiger partial charge < -0.3 is 10.1 Å². The molecule has 2 aliphatic rings. The molecule has 1 N–H and O–H groups in total. The molecule has 0 radical (unpaired) electrons. The number of likely N-dealkylation sites (tertiary alicyclic amines) is 1. The van der Waals surface area contributed by atoms with Gasteiger partial charge in [-0.05, 0) is 61.6 Å². The van der Waals surface area contributed by atoms with E-state index in [9.17, 15) is 13.2 Å². The fourth-order valence-corrected chi connectivity index (χ4v) is 6.19. The highest BCUT2D eigenvalue weighted by Crippen LogP contribution is 2.26. The van der Waals surface area contributed by atoms with E-state index in [4.69, 9.17) is 16.3 Å². The summed E-state index contributed by atoms with van der Waals surface area (Å²) in [7, 11) is -1.94. The molecule has 2 heterocycles. The van der Waals surface area contributed by atoms with Crippen molar-refractivity contribution in [2.75, 3.05) is 33.3 Å². The zero-order chi connectivity index (χ0) is 23.4. The molecule has 0 aliphatic carbocycles. The van der Waals surface area contributed by atoms with Crippen molar-refractivity contribution in [3.63, 3.8) is 0 Å². The Bertz CT molecular complexity index is 1090. The maximum Gasteiger partial charge on any atom is 0.253 e. The second kappa shape index (κ2) is 10.4. The van der Waals surface area contributed by atoms with E-state index in [2.05, 4.69) is 16.3 Å². The molecule has 2 aliphatic heterocycles. The number of hydrogen-bond acceptors (Lipinski definition) is 5. The topological polar surface area (TPSA) is 79.0 Å². The van der Waals surface area contributed by atoms with Gasteiger partial charge in [0, 0.05) is 38.8 Å². The Labute approximate surface area is 200 Å². The number of carbonyl (C=O) groups is 1. The van der Waals surface area contributed by atoms with Crippen LogP contribution in [0.25, 0.3) is 0 Å². The van der Waals surface area contributed by atoms with E-state index < -0.39 is 10.0 Å². The highest BCUT2D eigenvalue weighted by atomic mass is 35.5. The van der Waals surface area contributed by atoms with Crippen molar-refractivity contribution in [2.45, 2.75) is 43.2 Å². The molecule has 33 heavy (non-hydrogen) atoms. The largest absolute Gasteiger partial charge is 0.497 e. The van der Waals surface area contributed by atoms with Crippen LogP contribution < -0.4 is 10.1 Å². The third-order valence-corrected chi connectivity index (χ3v) is 8.57. The first-order chi connectivity index (χ1) is 15.9. The Morgan fingerprint density at radius 3 is 2.52 bits per heavy atom. The molecule has 2 saturated heterocycles. The van der Waals surface area contributed by atoms with Gasteiger partial charge in [0.2, 0.25) is 10.0 Å². The maximum atomic E-state index is 12.9. The van der Waals surface area contributed by atoms with Gasteiger partial charge in [-0.2, -0.15) is 4.31 Å². The lowest BCUT2D eigenvalue weighted by Crippen LogP contribution is -2.44. The van der Waals surface area contributed by atoms with Crippen molar-refractivity contribution >= 4 is 27.5 Å². The van der Waals surface area contributed by atoms with E-state index >= 15 is 0 Å². The number of halogens is 1. The highest BCUT2D eigenvalue weighted by Gasteiger charge is 2.29. The summed E-state index contributed by atoms with van der Waals surface area (Å²) >= 11 is 6.27. The number of methoxy groups -OCH3 is 1. The number of amides is 1. The monoisotopic (exact) mass is 491 g/mol. The van der Waals surface area contributed by atoms with Crippen molar-refractivity contribution in [3.05, 3.63) is 58.6 Å². The van der Waals surface area contributed by atoms with Crippen LogP contribution in [-0.2, 0) is 16.6 Å². The first-order valence-corrected chi connectivity index (χ1v) is 13.1. The van der Waals surface area contributed by atoms with E-state index in [1.165, 1.54) is 28.1 Å². The van der Waals surface area contributed by atoms with Crippen molar-refractivity contribution < 1.29 is 17.9 Å². The average molecular weight is 492 g/mol. The molecule has 178 valence electrons. The van der Waals surface area contributed by atoms with Gasteiger partial charge in [-0.3, -0.25) is 9.69 Å². The molecule has 2 aromatic rings. The lowest BCUT2D eigenvalue weighted by molar-refractivity contribution is 0.0909. The smallest absolute Gasteiger partial charge is 0.253 e. The summed E-state index contributed by atoms with van der Waals surface area (Å²) in [5.74, 6) is 0.519. The van der Waals surface area contributed by atoms with Gasteiger partial charge in [-0.1, -0.05) is 23.7 Å². The van der Waals surface area contributed by atoms with Crippen molar-refractivity contribution in [3.8, 4) is 5.75 Å². The van der Waals surface area contributed by atoms with Gasteiger partial charge in [0.25, 0.3) is 5.91 Å². The number of nitrogens with one attached hydrogen (secondary N) is 1. The zero-order valence-electron chi connectivity index (χ0n) is 18.8. The first-order valence-electron chi connectivity index (χ1n) is 11.3. The summed E-state index contributed by atoms with van der Waals surface area (Å²) < 4.78 is 32.5. The molecule has 4 rings (SSSR count). The van der Waals surface area contributed by atoms with Gasteiger partial charge in [-0.25, -0.2) is 8.42 Å². The Kier molecular flexibility index (Phi) is 7.58. The van der Waals surface area contributed by atoms with E-state index in [1.54, 1.807) is 7.11 Å². The number of hydrogen-bond donors (Lipinski definition) is 1. The number of carbonyl (C=O) groups excluding carboxylic acids is 1. The molecule has 7 nitrogen and oxygen atoms in total. The predicted octanol–water partition coefficient (Wildman–Crippen LogP) is 3.53. The molecule has 0 unspecified atom stereocenters. The van der Waals surface area contributed by atoms with Crippen molar-refractivity contribution in [2.24, 2.45) is 0 Å². The van der Waals surface area contributed by atoms with Gasteiger partial charge in [0.15, 0.2) is 0 Å². The second-order valence-corrected chi connectivity index (χ2v) is 11.0. The van der Waals surface area contributed by atoms with Crippen LogP contribution in [0.2, 0.25) is 5.02 Å². The quantitative estimate of drug-likeness (QED) is 0.641. The fourth-order valence-electron chi connectivity index (χ4n) is 4.44. The summed E-state index contributed by atoms with van der Waals surface area (Å²) in [4.78, 5) is 15.4. The molecule has 0 spiro atoms. The predicted molar refractivity (Wildman–Crippen MR) is 128 cm³/mol. The van der Waals surface area contributed by atoms with E-state index in [0.29, 0.717) is 13.1 Å². The van der Waals surface area contributed by atoms with Crippen molar-refractivity contribution in [1.82, 2.24) is 14.5 Å². The molecule has 0 aromatic heterocycles. The fraction of sp³-hybridized carbons (Fsp3) is 0.458. The normalized spacial score (nSPS) is 18.4. The van der Waals surface area contributed by atoms with Crippen LogP contribution >= 0.6 is 11.6 Å². The standard InChI is InChI=1S/C24H30ClN3O4S/c1-32-20-6-4-5-18(15-20)17-27-13-9-19(10-14-27)26-24(29)22-16-21(7-8-23(22)25)33(30,31)28-11-2-3-12-28/h4-8,15-16,19H,2-3,9-14,17H2,1H3,(H,26,29). The Morgan fingerprint density at radius 1 is 1.09 bits per heavy atom. The molecular weight excluding hydrogens is 462 g/mol. The van der Waals surface area contributed by atoms with E-state index in [-0.39, 0.29) is 27.4 Å². The van der Waals surface area contributed by atoms with Crippen LogP contribution in [0.3, 0.4) is 0 Å². The first kappa shape index (κ1) is 24.0. The number of rotatable bonds is 7. The average Bonchev–Trinajstić information content (AvgIpc) is 3.37. The van der Waals surface area contributed by atoms with Crippen LogP contribution in [0, 0.1) is 0 Å². The second-order valence-electron chi connectivity index (χ2n) is 8.63. The van der Waals surface area contributed by atoms with Crippen LogP contribution in [0.15, 0.2) is 47.4 Å². The molecular formula is C24H30ClN3O4S. The highest BCUT2D eigenvalue weighted by molar-refractivity contribution is 7.89. The minimum absolute atomic E-state index is 0.0222. The summed E-state index contributed by atoms with van der Waals surface area (Å²) in [6.07, 6.45) is 3.35. The third kappa shape index (κ3) is 5.69. The summed E-state index contributed by atoms with van der Waals surface area (Å²) in [6.45, 7) is 3.58. The molecule has 0 bridgehead atoms. The van der Waals surface area contributed by atoms with Crippen LogP contribution in [0.5, 0.6) is 5.75 Å². The van der Waals surface area contributed by atoms with Crippen LogP contribution in [0.4, 0.5) is 0 Å². The molecule has 9 heteroatoms. The van der Waals surface area contributed by atoms with Gasteiger partial charge in [-0.15, -0.1) is 0 Å². The summed E-state index contributed by atoms with van der Waals surface area (Å²) in [5.41, 5.74) is 1.40. The number of nitrogens with zero attached hydrogens (tertiary/aromatic N) is 2. The molecule has 0 atom stereocenters. The van der Waals surface area contributed by atoms with Gasteiger partial charge >= 0.3 is 0 Å². The maximum absolute atomic E-state index is 12.9. The van der Waals surface area contributed by atoms with Gasteiger partial charge in [0.1, 0.15) is 5.75 Å². The molecule has 0 saturated carbocycles. The van der Waals surface area contributed by atoms with E-state index in [1.807, 2.05) is 18.2 Å². The summed E-state index contributed by atoms with van der Waals surface area (Å²) in [5, 5.41) is 3.30. The minimum Gasteiger partial charge on any atom is -0.497 e. The Balaban J connectivity index is 1.36. The van der Waals surface area contributed by atoms with Crippen LogP contribution in [-0.4, -0.2) is 62.9 Å². The number of piperidine rings is 1. The lowest BCUT2D eigenvalue weighted by Gasteiger charge is -2.32. The molecule has 2 fully saturated rings. The third-order valence-electron chi connectivity index (χ3n) is 6.35. The summed E-state index contributed by atoms with van der Waals surface area (Å²) in [6, 6.07) is 12.4. The molecule has 2 aromatic carbocycles. The van der Waals surface area contributed by atoms with Gasteiger partial charge in [0.05, 0.1) is 22.6 Å². The zero-order valence-corrected chi connectivity index (χ0v) is 20.4. The Morgan fingerprint density at radius 2 is 1.82 bits per heavy atom.